The highest BCUT2D eigenvalue weighted by Gasteiger charge is 2.32. The van der Waals surface area contributed by atoms with Gasteiger partial charge in [-0.25, -0.2) is 4.39 Å². The van der Waals surface area contributed by atoms with Crippen LogP contribution < -0.4 is 0 Å². The van der Waals surface area contributed by atoms with Crippen LogP contribution in [0.3, 0.4) is 0 Å². The van der Waals surface area contributed by atoms with E-state index in [1.807, 2.05) is 0 Å². The second kappa shape index (κ2) is 6.44. The van der Waals surface area contributed by atoms with Crippen LogP contribution in [-0.4, -0.2) is 58.3 Å². The number of amidine groups is 1. The molecule has 1 saturated heterocycles. The van der Waals surface area contributed by atoms with E-state index in [1.54, 1.807) is 22.7 Å². The molecule has 2 aliphatic heterocycles. The summed E-state index contributed by atoms with van der Waals surface area (Å²) < 4.78 is 13.5. The number of hydrogen-bond donors (Lipinski definition) is 0. The number of halogens is 1. The number of aliphatic imine (C=N–C) groups is 1. The van der Waals surface area contributed by atoms with Crippen LogP contribution in [0.15, 0.2) is 23.2 Å². The predicted octanol–water partition coefficient (Wildman–Crippen LogP) is 2.34. The Kier molecular flexibility index (Phi) is 4.50. The highest BCUT2D eigenvalue weighted by atomic mass is 32.2. The second-order valence-electron chi connectivity index (χ2n) is 6.55. The van der Waals surface area contributed by atoms with Crippen molar-refractivity contribution in [3.8, 4) is 6.07 Å². The molecule has 3 rings (SSSR count). The molecule has 0 spiro atoms. The third-order valence-corrected chi connectivity index (χ3v) is 5.39. The van der Waals surface area contributed by atoms with Gasteiger partial charge in [-0.1, -0.05) is 11.8 Å². The first-order valence-corrected chi connectivity index (χ1v) is 8.69. The topological polar surface area (TPSA) is 59.7 Å². The van der Waals surface area contributed by atoms with Crippen LogP contribution in [-0.2, 0) is 0 Å². The molecule has 0 aliphatic carbocycles. The summed E-state index contributed by atoms with van der Waals surface area (Å²) in [7, 11) is 0. The van der Waals surface area contributed by atoms with Gasteiger partial charge in [-0.2, -0.15) is 5.26 Å². The number of amides is 1. The molecule has 0 saturated carbocycles. The molecule has 2 heterocycles. The third-order valence-electron chi connectivity index (χ3n) is 4.13. The van der Waals surface area contributed by atoms with Crippen LogP contribution in [0.2, 0.25) is 0 Å². The van der Waals surface area contributed by atoms with E-state index in [4.69, 9.17) is 5.26 Å². The SMILES string of the molecule is CC1(C)CN=C(N2CCN(C(=O)c3ccc(F)c(C#N)c3)CC2)S1. The number of hydrogen-bond acceptors (Lipinski definition) is 5. The Hall–Kier alpha value is -2.07. The zero-order valence-corrected chi connectivity index (χ0v) is 14.6. The highest BCUT2D eigenvalue weighted by molar-refractivity contribution is 8.15. The maximum Gasteiger partial charge on any atom is 0.254 e. The Balaban J connectivity index is 1.63. The summed E-state index contributed by atoms with van der Waals surface area (Å²) in [4.78, 5) is 21.1. The molecule has 1 aromatic rings. The average molecular weight is 346 g/mol. The van der Waals surface area contributed by atoms with Gasteiger partial charge in [-0.3, -0.25) is 9.79 Å². The lowest BCUT2D eigenvalue weighted by molar-refractivity contribution is 0.0693. The summed E-state index contributed by atoms with van der Waals surface area (Å²) in [6.07, 6.45) is 0. The fourth-order valence-corrected chi connectivity index (χ4v) is 3.83. The van der Waals surface area contributed by atoms with Gasteiger partial charge < -0.3 is 9.80 Å². The molecular weight excluding hydrogens is 327 g/mol. The molecule has 24 heavy (non-hydrogen) atoms. The van der Waals surface area contributed by atoms with Crippen LogP contribution >= 0.6 is 11.8 Å². The Labute approximate surface area is 145 Å². The van der Waals surface area contributed by atoms with Gasteiger partial charge >= 0.3 is 0 Å². The zero-order chi connectivity index (χ0) is 17.3. The van der Waals surface area contributed by atoms with Gasteiger partial charge in [0.25, 0.3) is 5.91 Å². The molecule has 1 amide bonds. The molecular formula is C17H19FN4OS. The van der Waals surface area contributed by atoms with E-state index >= 15 is 0 Å². The lowest BCUT2D eigenvalue weighted by atomic mass is 10.1. The number of carbonyl (C=O) groups excluding carboxylic acids is 1. The van der Waals surface area contributed by atoms with Gasteiger partial charge in [0.05, 0.1) is 12.1 Å². The van der Waals surface area contributed by atoms with Crippen molar-refractivity contribution in [1.82, 2.24) is 9.80 Å². The van der Waals surface area contributed by atoms with Gasteiger partial charge in [0, 0.05) is 36.5 Å². The summed E-state index contributed by atoms with van der Waals surface area (Å²) >= 11 is 1.78. The zero-order valence-electron chi connectivity index (χ0n) is 13.8. The predicted molar refractivity (Wildman–Crippen MR) is 92.6 cm³/mol. The molecule has 1 aromatic carbocycles. The van der Waals surface area contributed by atoms with Gasteiger partial charge in [-0.15, -0.1) is 0 Å². The normalized spacial score (nSPS) is 19.8. The van der Waals surface area contributed by atoms with Crippen molar-refractivity contribution < 1.29 is 9.18 Å². The van der Waals surface area contributed by atoms with Gasteiger partial charge in [0.2, 0.25) is 0 Å². The van der Waals surface area contributed by atoms with E-state index in [9.17, 15) is 9.18 Å². The molecule has 1 fully saturated rings. The number of nitriles is 1. The third kappa shape index (κ3) is 3.39. The van der Waals surface area contributed by atoms with E-state index < -0.39 is 5.82 Å². The molecule has 0 atom stereocenters. The van der Waals surface area contributed by atoms with Crippen LogP contribution in [0, 0.1) is 17.1 Å². The average Bonchev–Trinajstić information content (AvgIpc) is 2.95. The molecule has 0 unspecified atom stereocenters. The van der Waals surface area contributed by atoms with Crippen molar-refractivity contribution in [2.75, 3.05) is 32.7 Å². The van der Waals surface area contributed by atoms with E-state index in [2.05, 4.69) is 23.7 Å². The first-order valence-electron chi connectivity index (χ1n) is 7.87. The smallest absolute Gasteiger partial charge is 0.254 e. The van der Waals surface area contributed by atoms with E-state index in [0.29, 0.717) is 18.7 Å². The van der Waals surface area contributed by atoms with E-state index in [1.165, 1.54) is 18.2 Å². The van der Waals surface area contributed by atoms with Crippen molar-refractivity contribution in [2.45, 2.75) is 18.6 Å². The minimum Gasteiger partial charge on any atom is -0.348 e. The maximum absolute atomic E-state index is 13.4. The van der Waals surface area contributed by atoms with Crippen molar-refractivity contribution in [1.29, 1.82) is 5.26 Å². The number of carbonyl (C=O) groups is 1. The standard InChI is InChI=1S/C17H19FN4OS/c1-17(2)11-20-16(24-17)22-7-5-21(6-8-22)15(23)12-3-4-14(18)13(9-12)10-19/h3-4,9H,5-8,11H2,1-2H3. The Morgan fingerprint density at radius 1 is 1.33 bits per heavy atom. The number of nitrogens with zero attached hydrogens (tertiary/aromatic N) is 4. The van der Waals surface area contributed by atoms with Gasteiger partial charge in [0.1, 0.15) is 11.9 Å². The van der Waals surface area contributed by atoms with Crippen molar-refractivity contribution >= 4 is 22.8 Å². The number of thioether (sulfide) groups is 1. The molecule has 5 nitrogen and oxygen atoms in total. The van der Waals surface area contributed by atoms with Crippen molar-refractivity contribution in [2.24, 2.45) is 4.99 Å². The Morgan fingerprint density at radius 3 is 2.62 bits per heavy atom. The second-order valence-corrected chi connectivity index (χ2v) is 8.22. The van der Waals surface area contributed by atoms with Crippen LogP contribution in [0.1, 0.15) is 29.8 Å². The Bertz CT molecular complexity index is 733. The fourth-order valence-electron chi connectivity index (χ4n) is 2.76. The number of benzene rings is 1. The number of piperazine rings is 1. The van der Waals surface area contributed by atoms with E-state index in [-0.39, 0.29) is 16.2 Å². The van der Waals surface area contributed by atoms with Gasteiger partial charge in [-0.05, 0) is 32.0 Å². The van der Waals surface area contributed by atoms with Gasteiger partial charge in [0.15, 0.2) is 5.17 Å². The van der Waals surface area contributed by atoms with Crippen molar-refractivity contribution in [3.63, 3.8) is 0 Å². The minimum atomic E-state index is -0.599. The number of rotatable bonds is 1. The van der Waals surface area contributed by atoms with Crippen molar-refractivity contribution in [3.05, 3.63) is 35.1 Å². The largest absolute Gasteiger partial charge is 0.348 e. The monoisotopic (exact) mass is 346 g/mol. The molecule has 126 valence electrons. The van der Waals surface area contributed by atoms with Crippen LogP contribution in [0.25, 0.3) is 0 Å². The molecule has 0 N–H and O–H groups in total. The summed E-state index contributed by atoms with van der Waals surface area (Å²) in [6.45, 7) is 7.83. The molecule has 2 aliphatic rings. The highest BCUT2D eigenvalue weighted by Crippen LogP contribution is 2.33. The fraction of sp³-hybridized carbons (Fsp3) is 0.471. The lowest BCUT2D eigenvalue weighted by Gasteiger charge is -2.36. The van der Waals surface area contributed by atoms with Crippen LogP contribution in [0.5, 0.6) is 0 Å². The quantitative estimate of drug-likeness (QED) is 0.783. The summed E-state index contributed by atoms with van der Waals surface area (Å²) in [5.74, 6) is -0.759. The maximum atomic E-state index is 13.4. The summed E-state index contributed by atoms with van der Waals surface area (Å²) in [5.41, 5.74) is 0.258. The minimum absolute atomic E-state index is 0.0987. The van der Waals surface area contributed by atoms with Crippen LogP contribution in [0.4, 0.5) is 4.39 Å². The van der Waals surface area contributed by atoms with E-state index in [0.717, 1.165) is 24.8 Å². The molecule has 0 bridgehead atoms. The Morgan fingerprint density at radius 2 is 2.04 bits per heavy atom. The molecule has 7 heteroatoms. The lowest BCUT2D eigenvalue weighted by Crippen LogP contribution is -2.50. The first-order chi connectivity index (χ1) is 11.4. The first kappa shape index (κ1) is 16.8. The molecule has 0 radical (unpaired) electrons. The summed E-state index contributed by atoms with van der Waals surface area (Å²) in [6, 6.07) is 5.71. The summed E-state index contributed by atoms with van der Waals surface area (Å²) in [5, 5.41) is 9.95. The molecule has 0 aromatic heterocycles.